The van der Waals surface area contributed by atoms with Crippen molar-refractivity contribution in [2.24, 2.45) is 0 Å². The summed E-state index contributed by atoms with van der Waals surface area (Å²) in [4.78, 5) is 10.4. The van der Waals surface area contributed by atoms with Crippen molar-refractivity contribution in [2.45, 2.75) is 33.1 Å². The van der Waals surface area contributed by atoms with Crippen LogP contribution < -0.4 is 9.84 Å². The number of carboxylic acids is 1. The number of benzene rings is 1. The minimum atomic E-state index is -1.21. The van der Waals surface area contributed by atoms with E-state index in [4.69, 9.17) is 4.74 Å². The molecule has 0 unspecified atom stereocenters. The first-order valence-electron chi connectivity index (χ1n) is 5.24. The Morgan fingerprint density at radius 3 is 2.50 bits per heavy atom. The summed E-state index contributed by atoms with van der Waals surface area (Å²) < 4.78 is 5.24. The zero-order valence-electron chi connectivity index (χ0n) is 10.2. The Morgan fingerprint density at radius 2 is 2.00 bits per heavy atom. The molecule has 0 heterocycles. The fraction of sp³-hybridized carbons (Fsp3) is 0.462. The molecule has 3 nitrogen and oxygen atoms in total. The SMILES string of the molecule is Cc1ccc(C(C)(C)C)c(OCC(=O)[O-])c1. The molecule has 0 fully saturated rings. The van der Waals surface area contributed by atoms with Gasteiger partial charge in [0.25, 0.3) is 0 Å². The predicted octanol–water partition coefficient (Wildman–Crippen LogP) is 1.42. The Bertz CT molecular complexity index is 389. The molecule has 3 heteroatoms. The summed E-state index contributed by atoms with van der Waals surface area (Å²) in [6.45, 7) is 7.71. The van der Waals surface area contributed by atoms with Gasteiger partial charge in [0.15, 0.2) is 0 Å². The van der Waals surface area contributed by atoms with Crippen LogP contribution in [0.2, 0.25) is 0 Å². The molecule has 0 aliphatic rings. The zero-order valence-corrected chi connectivity index (χ0v) is 10.2. The highest BCUT2D eigenvalue weighted by atomic mass is 16.5. The van der Waals surface area contributed by atoms with Crippen LogP contribution in [-0.2, 0) is 10.2 Å². The maximum absolute atomic E-state index is 10.4. The molecule has 88 valence electrons. The zero-order chi connectivity index (χ0) is 12.3. The van der Waals surface area contributed by atoms with E-state index in [9.17, 15) is 9.90 Å². The van der Waals surface area contributed by atoms with Crippen LogP contribution in [0.3, 0.4) is 0 Å². The van der Waals surface area contributed by atoms with Gasteiger partial charge in [-0.15, -0.1) is 0 Å². The van der Waals surface area contributed by atoms with E-state index in [1.165, 1.54) is 0 Å². The first-order chi connectivity index (χ1) is 7.30. The first-order valence-corrected chi connectivity index (χ1v) is 5.24. The maximum atomic E-state index is 10.4. The smallest absolute Gasteiger partial charge is 0.128 e. The lowest BCUT2D eigenvalue weighted by Crippen LogP contribution is -2.29. The van der Waals surface area contributed by atoms with Crippen molar-refractivity contribution >= 4 is 5.97 Å². The molecule has 0 bridgehead atoms. The molecule has 0 spiro atoms. The Balaban J connectivity index is 3.04. The van der Waals surface area contributed by atoms with Crippen LogP contribution in [0.15, 0.2) is 18.2 Å². The van der Waals surface area contributed by atoms with Crippen molar-refractivity contribution in [2.75, 3.05) is 6.61 Å². The standard InChI is InChI=1S/C13H18O3/c1-9-5-6-10(13(2,3)4)11(7-9)16-8-12(14)15/h5-7H,8H2,1-4H3,(H,14,15)/p-1. The Morgan fingerprint density at radius 1 is 1.38 bits per heavy atom. The van der Waals surface area contributed by atoms with Gasteiger partial charge in [-0.3, -0.25) is 0 Å². The van der Waals surface area contributed by atoms with Gasteiger partial charge in [0.05, 0.1) is 5.97 Å². The van der Waals surface area contributed by atoms with Crippen LogP contribution in [0.1, 0.15) is 31.9 Å². The molecule has 0 aromatic heterocycles. The van der Waals surface area contributed by atoms with Gasteiger partial charge < -0.3 is 14.6 Å². The highest BCUT2D eigenvalue weighted by molar-refractivity contribution is 5.66. The summed E-state index contributed by atoms with van der Waals surface area (Å²) in [5, 5.41) is 10.4. The van der Waals surface area contributed by atoms with Gasteiger partial charge >= 0.3 is 0 Å². The summed E-state index contributed by atoms with van der Waals surface area (Å²) in [6.07, 6.45) is 0. The molecule has 16 heavy (non-hydrogen) atoms. The molecular formula is C13H17O3-. The van der Waals surface area contributed by atoms with Gasteiger partial charge in [-0.1, -0.05) is 32.9 Å². The van der Waals surface area contributed by atoms with Gasteiger partial charge in [0, 0.05) is 0 Å². The van der Waals surface area contributed by atoms with E-state index in [0.29, 0.717) is 5.75 Å². The third-order valence-corrected chi connectivity index (χ3v) is 2.29. The fourth-order valence-electron chi connectivity index (χ4n) is 1.51. The van der Waals surface area contributed by atoms with Gasteiger partial charge in [0.2, 0.25) is 0 Å². The molecule has 0 saturated carbocycles. The minimum Gasteiger partial charge on any atom is -0.546 e. The highest BCUT2D eigenvalue weighted by Gasteiger charge is 2.18. The second kappa shape index (κ2) is 4.56. The number of hydrogen-bond donors (Lipinski definition) is 0. The van der Waals surface area contributed by atoms with E-state index in [1.807, 2.05) is 25.1 Å². The Labute approximate surface area is 96.1 Å². The van der Waals surface area contributed by atoms with Gasteiger partial charge in [0.1, 0.15) is 12.4 Å². The number of aryl methyl sites for hydroxylation is 1. The number of carboxylic acid groups (broad SMARTS) is 1. The van der Waals surface area contributed by atoms with Gasteiger partial charge in [-0.25, -0.2) is 0 Å². The second-order valence-electron chi connectivity index (χ2n) is 4.91. The van der Waals surface area contributed by atoms with E-state index in [-0.39, 0.29) is 5.41 Å². The number of aliphatic carboxylic acids is 1. The number of ether oxygens (including phenoxy) is 1. The molecule has 1 aromatic carbocycles. The highest BCUT2D eigenvalue weighted by Crippen LogP contribution is 2.31. The third kappa shape index (κ3) is 3.26. The van der Waals surface area contributed by atoms with Crippen LogP contribution in [0, 0.1) is 6.92 Å². The molecule has 0 atom stereocenters. The molecular weight excluding hydrogens is 204 g/mol. The van der Waals surface area contributed by atoms with E-state index >= 15 is 0 Å². The van der Waals surface area contributed by atoms with Crippen molar-refractivity contribution in [3.05, 3.63) is 29.3 Å². The number of carbonyl (C=O) groups is 1. The monoisotopic (exact) mass is 221 g/mol. The van der Waals surface area contributed by atoms with Crippen molar-refractivity contribution < 1.29 is 14.6 Å². The lowest BCUT2D eigenvalue weighted by Gasteiger charge is -2.23. The molecule has 1 rings (SSSR count). The summed E-state index contributed by atoms with van der Waals surface area (Å²) in [6, 6.07) is 5.82. The van der Waals surface area contributed by atoms with E-state index in [0.717, 1.165) is 11.1 Å². The predicted molar refractivity (Wildman–Crippen MR) is 60.4 cm³/mol. The molecule has 0 amide bonds. The van der Waals surface area contributed by atoms with Crippen LogP contribution in [-0.4, -0.2) is 12.6 Å². The quantitative estimate of drug-likeness (QED) is 0.775. The molecule has 1 aromatic rings. The minimum absolute atomic E-state index is 0.0744. The Hall–Kier alpha value is -1.51. The number of hydrogen-bond acceptors (Lipinski definition) is 3. The van der Waals surface area contributed by atoms with E-state index < -0.39 is 12.6 Å². The van der Waals surface area contributed by atoms with Crippen LogP contribution in [0.5, 0.6) is 5.75 Å². The van der Waals surface area contributed by atoms with Crippen molar-refractivity contribution in [3.8, 4) is 5.75 Å². The van der Waals surface area contributed by atoms with Gasteiger partial charge in [-0.05, 0) is 29.5 Å². The summed E-state index contributed by atoms with van der Waals surface area (Å²) >= 11 is 0. The van der Waals surface area contributed by atoms with Crippen LogP contribution in [0.25, 0.3) is 0 Å². The second-order valence-corrected chi connectivity index (χ2v) is 4.91. The van der Waals surface area contributed by atoms with Crippen molar-refractivity contribution in [1.29, 1.82) is 0 Å². The van der Waals surface area contributed by atoms with E-state index in [1.54, 1.807) is 0 Å². The summed E-state index contributed by atoms with van der Waals surface area (Å²) in [5.41, 5.74) is 1.97. The average Bonchev–Trinajstić information content (AvgIpc) is 2.12. The molecule has 0 N–H and O–H groups in total. The number of carbonyl (C=O) groups excluding carboxylic acids is 1. The first kappa shape index (κ1) is 12.6. The lowest BCUT2D eigenvalue weighted by molar-refractivity contribution is -0.307. The largest absolute Gasteiger partial charge is 0.546 e. The van der Waals surface area contributed by atoms with Crippen LogP contribution in [0.4, 0.5) is 0 Å². The summed E-state index contributed by atoms with van der Waals surface area (Å²) in [7, 11) is 0. The summed E-state index contributed by atoms with van der Waals surface area (Å²) in [5.74, 6) is -0.585. The topological polar surface area (TPSA) is 49.4 Å². The normalized spacial score (nSPS) is 11.2. The molecule has 0 aliphatic carbocycles. The van der Waals surface area contributed by atoms with Crippen molar-refractivity contribution in [1.82, 2.24) is 0 Å². The molecule has 0 aliphatic heterocycles. The average molecular weight is 221 g/mol. The Kier molecular flexibility index (Phi) is 3.58. The number of rotatable bonds is 3. The molecule has 0 saturated heterocycles. The van der Waals surface area contributed by atoms with Gasteiger partial charge in [-0.2, -0.15) is 0 Å². The molecule has 0 radical (unpaired) electrons. The van der Waals surface area contributed by atoms with E-state index in [2.05, 4.69) is 20.8 Å². The lowest BCUT2D eigenvalue weighted by atomic mass is 9.86. The maximum Gasteiger partial charge on any atom is 0.128 e. The third-order valence-electron chi connectivity index (χ3n) is 2.29. The van der Waals surface area contributed by atoms with Crippen molar-refractivity contribution in [3.63, 3.8) is 0 Å². The fourth-order valence-corrected chi connectivity index (χ4v) is 1.51. The van der Waals surface area contributed by atoms with Crippen LogP contribution >= 0.6 is 0 Å².